The minimum absolute atomic E-state index is 0.206. The minimum atomic E-state index is 0.206. The molecule has 0 unspecified atom stereocenters. The molecule has 0 spiro atoms. The zero-order valence-corrected chi connectivity index (χ0v) is 18.6. The van der Waals surface area contributed by atoms with Crippen LogP contribution in [0.2, 0.25) is 0 Å². The Kier molecular flexibility index (Phi) is 4.06. The third kappa shape index (κ3) is 2.75. The van der Waals surface area contributed by atoms with E-state index in [2.05, 4.69) is 66.7 Å². The summed E-state index contributed by atoms with van der Waals surface area (Å²) in [6.45, 7) is 16.2. The molecular weight excluding hydrogens is 360 g/mol. The van der Waals surface area contributed by atoms with Crippen LogP contribution in [0, 0.1) is 0 Å². The molecule has 3 aromatic heterocycles. The van der Waals surface area contributed by atoms with Gasteiger partial charge >= 0.3 is 0 Å². The topological polar surface area (TPSA) is 0 Å². The summed E-state index contributed by atoms with van der Waals surface area (Å²) < 4.78 is 4.49. The predicted molar refractivity (Wildman–Crippen MR) is 119 cm³/mol. The highest BCUT2D eigenvalue weighted by Crippen LogP contribution is 2.49. The van der Waals surface area contributed by atoms with Crippen molar-refractivity contribution in [3.05, 3.63) is 32.8 Å². The maximum Gasteiger partial charge on any atom is 0.0447 e. The molecule has 3 heteroatoms. The summed E-state index contributed by atoms with van der Waals surface area (Å²) in [5.41, 5.74) is 0.206. The van der Waals surface area contributed by atoms with Crippen molar-refractivity contribution in [2.24, 2.45) is 0 Å². The largest absolute Gasteiger partial charge is 0.139 e. The van der Waals surface area contributed by atoms with Gasteiger partial charge in [0, 0.05) is 44.9 Å². The lowest BCUT2D eigenvalue weighted by molar-refractivity contribution is 0.604. The van der Waals surface area contributed by atoms with Gasteiger partial charge in [-0.3, -0.25) is 0 Å². The van der Waals surface area contributed by atoms with Crippen LogP contribution >= 0.6 is 34.0 Å². The normalized spacial score (nSPS) is 13.3. The lowest BCUT2D eigenvalue weighted by atomic mass is 9.94. The summed E-state index contributed by atoms with van der Waals surface area (Å²) in [5, 5.41) is 4.43. The Hall–Kier alpha value is -0.900. The Morgan fingerprint density at radius 1 is 0.640 bits per heavy atom. The first-order valence-electron chi connectivity index (χ1n) is 9.09. The van der Waals surface area contributed by atoms with Crippen molar-refractivity contribution in [2.45, 2.75) is 65.7 Å². The first kappa shape index (κ1) is 17.5. The monoisotopic (exact) mass is 386 g/mol. The highest BCUT2D eigenvalue weighted by atomic mass is 32.1. The zero-order valence-electron chi connectivity index (χ0n) is 16.1. The Bertz CT molecular complexity index is 998. The number of benzene rings is 1. The fraction of sp³-hybridized carbons (Fsp3) is 0.455. The van der Waals surface area contributed by atoms with Gasteiger partial charge in [0.25, 0.3) is 0 Å². The van der Waals surface area contributed by atoms with Crippen LogP contribution in [0.3, 0.4) is 0 Å². The van der Waals surface area contributed by atoms with Gasteiger partial charge in [0.2, 0.25) is 0 Å². The van der Waals surface area contributed by atoms with E-state index in [-0.39, 0.29) is 5.41 Å². The third-order valence-corrected chi connectivity index (χ3v) is 9.38. The SMILES string of the molecule is CC(C)c1cc2c(s1)c1cc(C(C)C)sc1c1cc(C(C)(C)C)sc21. The summed E-state index contributed by atoms with van der Waals surface area (Å²) in [6, 6.07) is 7.39. The number of hydrogen-bond donors (Lipinski definition) is 0. The van der Waals surface area contributed by atoms with Gasteiger partial charge in [-0.15, -0.1) is 34.0 Å². The van der Waals surface area contributed by atoms with Gasteiger partial charge in [0.15, 0.2) is 0 Å². The Morgan fingerprint density at radius 3 is 1.44 bits per heavy atom. The van der Waals surface area contributed by atoms with Gasteiger partial charge in [0.1, 0.15) is 0 Å². The molecule has 4 aromatic rings. The van der Waals surface area contributed by atoms with E-state index in [1.165, 1.54) is 44.9 Å². The van der Waals surface area contributed by atoms with Crippen LogP contribution in [-0.4, -0.2) is 0 Å². The lowest BCUT2D eigenvalue weighted by Gasteiger charge is -2.14. The highest BCUT2D eigenvalue weighted by molar-refractivity contribution is 7.27. The van der Waals surface area contributed by atoms with Crippen molar-refractivity contribution in [3.63, 3.8) is 0 Å². The fourth-order valence-electron chi connectivity index (χ4n) is 3.26. The molecule has 4 rings (SSSR count). The second-order valence-corrected chi connectivity index (χ2v) is 11.9. The molecule has 0 N–H and O–H groups in total. The second-order valence-electron chi connectivity index (χ2n) is 8.70. The zero-order chi connectivity index (χ0) is 18.1. The molecule has 25 heavy (non-hydrogen) atoms. The Morgan fingerprint density at radius 2 is 1.04 bits per heavy atom. The molecule has 0 atom stereocenters. The van der Waals surface area contributed by atoms with E-state index in [0.717, 1.165) is 0 Å². The van der Waals surface area contributed by atoms with Crippen molar-refractivity contribution < 1.29 is 0 Å². The average Bonchev–Trinajstić information content (AvgIpc) is 3.21. The van der Waals surface area contributed by atoms with Crippen LogP contribution in [0.4, 0.5) is 0 Å². The molecule has 0 aliphatic heterocycles. The molecule has 0 aliphatic carbocycles. The van der Waals surface area contributed by atoms with Gasteiger partial charge in [0.05, 0.1) is 0 Å². The number of hydrogen-bond acceptors (Lipinski definition) is 3. The Labute approximate surface area is 162 Å². The van der Waals surface area contributed by atoms with Crippen molar-refractivity contribution in [1.82, 2.24) is 0 Å². The first-order chi connectivity index (χ1) is 11.7. The minimum Gasteiger partial charge on any atom is -0.139 e. The second kappa shape index (κ2) is 5.80. The molecule has 0 saturated carbocycles. The van der Waals surface area contributed by atoms with Crippen molar-refractivity contribution in [3.8, 4) is 0 Å². The van der Waals surface area contributed by atoms with Gasteiger partial charge in [-0.2, -0.15) is 0 Å². The number of rotatable bonds is 2. The van der Waals surface area contributed by atoms with Gasteiger partial charge in [-0.25, -0.2) is 0 Å². The molecular formula is C22H26S3. The fourth-order valence-corrected chi connectivity index (χ4v) is 7.07. The third-order valence-electron chi connectivity index (χ3n) is 4.85. The van der Waals surface area contributed by atoms with E-state index in [9.17, 15) is 0 Å². The lowest BCUT2D eigenvalue weighted by Crippen LogP contribution is -2.07. The molecule has 0 aliphatic rings. The molecule has 0 saturated heterocycles. The number of thiophene rings is 3. The summed E-state index contributed by atoms with van der Waals surface area (Å²) in [7, 11) is 0. The van der Waals surface area contributed by atoms with Crippen LogP contribution < -0.4 is 0 Å². The standard InChI is InChI=1S/C22H26S3/c1-11(2)16-8-13-19-14(9-17(23-19)12(3)4)21-15(20(13)24-16)10-18(25-21)22(5,6)7/h8-12H,1-7H3. The van der Waals surface area contributed by atoms with Crippen LogP contribution in [0.25, 0.3) is 30.3 Å². The van der Waals surface area contributed by atoms with E-state index in [1.807, 2.05) is 34.0 Å². The van der Waals surface area contributed by atoms with Gasteiger partial charge in [-0.1, -0.05) is 48.5 Å². The molecule has 0 radical (unpaired) electrons. The summed E-state index contributed by atoms with van der Waals surface area (Å²) >= 11 is 6.01. The van der Waals surface area contributed by atoms with Gasteiger partial charge in [-0.05, 0) is 35.4 Å². The summed E-state index contributed by atoms with van der Waals surface area (Å²) in [5.74, 6) is 1.18. The molecule has 3 heterocycles. The molecule has 0 amide bonds. The van der Waals surface area contributed by atoms with Crippen molar-refractivity contribution in [2.75, 3.05) is 0 Å². The van der Waals surface area contributed by atoms with Crippen LogP contribution in [-0.2, 0) is 5.41 Å². The molecule has 0 fully saturated rings. The predicted octanol–water partition coefficient (Wildman–Crippen LogP) is 8.87. The van der Waals surface area contributed by atoms with E-state index < -0.39 is 0 Å². The first-order valence-corrected chi connectivity index (χ1v) is 11.5. The molecule has 1 aromatic carbocycles. The van der Waals surface area contributed by atoms with E-state index in [4.69, 9.17) is 0 Å². The van der Waals surface area contributed by atoms with Crippen molar-refractivity contribution in [1.29, 1.82) is 0 Å². The average molecular weight is 387 g/mol. The van der Waals surface area contributed by atoms with Crippen LogP contribution in [0.1, 0.15) is 74.9 Å². The van der Waals surface area contributed by atoms with E-state index >= 15 is 0 Å². The molecule has 132 valence electrons. The molecule has 0 nitrogen and oxygen atoms in total. The van der Waals surface area contributed by atoms with Gasteiger partial charge < -0.3 is 0 Å². The van der Waals surface area contributed by atoms with Crippen LogP contribution in [0.15, 0.2) is 18.2 Å². The maximum absolute atomic E-state index is 2.47. The summed E-state index contributed by atoms with van der Waals surface area (Å²) in [4.78, 5) is 4.51. The maximum atomic E-state index is 2.47. The highest BCUT2D eigenvalue weighted by Gasteiger charge is 2.22. The van der Waals surface area contributed by atoms with E-state index in [1.54, 1.807) is 0 Å². The number of fused-ring (bicyclic) bond motifs is 6. The van der Waals surface area contributed by atoms with Crippen LogP contribution in [0.5, 0.6) is 0 Å². The summed E-state index contributed by atoms with van der Waals surface area (Å²) in [6.07, 6.45) is 0. The van der Waals surface area contributed by atoms with Crippen molar-refractivity contribution >= 4 is 64.3 Å². The Balaban J connectivity index is 2.19. The smallest absolute Gasteiger partial charge is 0.0447 e. The van der Waals surface area contributed by atoms with E-state index in [0.29, 0.717) is 11.8 Å². The quantitative estimate of drug-likeness (QED) is 0.322. The molecule has 0 bridgehead atoms.